The summed E-state index contributed by atoms with van der Waals surface area (Å²) in [5, 5.41) is 82.0. The van der Waals surface area contributed by atoms with E-state index in [9.17, 15) is 40.2 Å². The van der Waals surface area contributed by atoms with Crippen molar-refractivity contribution in [3.05, 3.63) is 0 Å². The first kappa shape index (κ1) is 45.6. The maximum Gasteiger partial charge on any atom is 0.220 e. The average Bonchev–Trinajstić information content (AvgIpc) is 2.86. The first-order valence-electron chi connectivity index (χ1n) is 12.9. The van der Waals surface area contributed by atoms with Crippen LogP contribution in [0.3, 0.4) is 0 Å². The van der Waals surface area contributed by atoms with Crippen LogP contribution in [0.5, 0.6) is 0 Å². The second-order valence-corrected chi connectivity index (χ2v) is 9.85. The number of carbonyl (C=O) groups excluding carboxylic acids is 2. The minimum atomic E-state index is -1.25. The van der Waals surface area contributed by atoms with Crippen LogP contribution in [-0.2, 0) is 9.59 Å². The maximum absolute atomic E-state index is 11.6. The fourth-order valence-electron chi connectivity index (χ4n) is 4.55. The molecule has 2 aliphatic carbocycles. The predicted octanol–water partition coefficient (Wildman–Crippen LogP) is 0.0570. The Kier molecular flexibility index (Phi) is 26.5. The lowest BCUT2D eigenvalue weighted by Gasteiger charge is -2.40. The summed E-state index contributed by atoms with van der Waals surface area (Å²) in [6, 6.07) is -1.74. The highest BCUT2D eigenvalue weighted by Gasteiger charge is 2.44. The third-order valence-electron chi connectivity index (χ3n) is 6.96. The van der Waals surface area contributed by atoms with Crippen molar-refractivity contribution >= 4 is 11.8 Å². The minimum Gasteiger partial charge on any atom is -0.396 e. The van der Waals surface area contributed by atoms with Crippen molar-refractivity contribution in [3.8, 4) is 0 Å². The van der Waals surface area contributed by atoms with Crippen LogP contribution in [-0.4, -0.2) is 115 Å². The number of nitrogens with one attached hydrogen (secondary N) is 2. The van der Waals surface area contributed by atoms with E-state index >= 15 is 0 Å². The number of carbonyl (C=O) groups is 2. The van der Waals surface area contributed by atoms with Crippen molar-refractivity contribution < 1.29 is 50.4 Å². The monoisotopic (exact) mass is 586 g/mol. The third-order valence-corrected chi connectivity index (χ3v) is 6.96. The Bertz CT molecular complexity index is 603. The van der Waals surface area contributed by atoms with Gasteiger partial charge in [0.1, 0.15) is 12.2 Å². The summed E-state index contributed by atoms with van der Waals surface area (Å²) in [7, 11) is 0. The molecule has 2 fully saturated rings. The standard InChI is InChI=1S/2C12H23NO5.4CH4/c2*1-2-3-4-9(16)13-10-8(15)5-7(6-14)11(17)12(10)18;;;;/h2*7-8,10-12,14-15,17-18H,2-6H2,1H3,(H,13,16);4*1H4/t7?,8?,10-,11+,12?;7?,8?,10-,11-,12?;;;;/m00..../s1. The van der Waals surface area contributed by atoms with Crippen LogP contribution in [0.2, 0.25) is 0 Å². The zero-order chi connectivity index (χ0) is 27.4. The predicted molar refractivity (Wildman–Crippen MR) is 156 cm³/mol. The number of hydrogen-bond acceptors (Lipinski definition) is 10. The molecule has 2 saturated carbocycles. The molecule has 40 heavy (non-hydrogen) atoms. The summed E-state index contributed by atoms with van der Waals surface area (Å²) in [5.74, 6) is -1.60. The molecule has 10 N–H and O–H groups in total. The van der Waals surface area contributed by atoms with Gasteiger partial charge in [-0.25, -0.2) is 0 Å². The van der Waals surface area contributed by atoms with Crippen LogP contribution in [0.4, 0.5) is 0 Å². The second kappa shape index (κ2) is 23.2. The van der Waals surface area contributed by atoms with E-state index in [0.717, 1.165) is 25.7 Å². The Morgan fingerprint density at radius 2 is 0.900 bits per heavy atom. The van der Waals surface area contributed by atoms with Crippen molar-refractivity contribution in [1.82, 2.24) is 10.6 Å². The van der Waals surface area contributed by atoms with Crippen molar-refractivity contribution in [1.29, 1.82) is 0 Å². The summed E-state index contributed by atoms with van der Waals surface area (Å²) in [6.07, 6.45) is -2.41. The number of rotatable bonds is 10. The highest BCUT2D eigenvalue weighted by Crippen LogP contribution is 2.26. The summed E-state index contributed by atoms with van der Waals surface area (Å²) in [6.45, 7) is 3.33. The zero-order valence-electron chi connectivity index (χ0n) is 21.2. The van der Waals surface area contributed by atoms with Gasteiger partial charge in [0.05, 0.1) is 36.5 Å². The molecule has 0 radical (unpaired) electrons. The molecule has 0 aromatic rings. The minimum absolute atomic E-state index is 0. The van der Waals surface area contributed by atoms with Crippen LogP contribution in [0.1, 0.15) is 94.9 Å². The van der Waals surface area contributed by atoms with Crippen molar-refractivity contribution in [2.24, 2.45) is 11.8 Å². The molecular formula is C28H62N2O10. The van der Waals surface area contributed by atoms with Gasteiger partial charge in [-0.2, -0.15) is 0 Å². The Labute approximate surface area is 241 Å². The molecule has 244 valence electrons. The molecular weight excluding hydrogens is 524 g/mol. The number of aliphatic hydroxyl groups is 8. The van der Waals surface area contributed by atoms with Crippen LogP contribution in [0.15, 0.2) is 0 Å². The van der Waals surface area contributed by atoms with E-state index in [1.54, 1.807) is 0 Å². The van der Waals surface area contributed by atoms with Gasteiger partial charge in [0.15, 0.2) is 0 Å². The van der Waals surface area contributed by atoms with Crippen molar-refractivity contribution in [2.45, 2.75) is 144 Å². The molecule has 0 bridgehead atoms. The highest BCUT2D eigenvalue weighted by atomic mass is 16.3. The van der Waals surface area contributed by atoms with E-state index in [0.29, 0.717) is 12.8 Å². The fourth-order valence-corrected chi connectivity index (χ4v) is 4.55. The molecule has 0 saturated heterocycles. The average molecular weight is 587 g/mol. The van der Waals surface area contributed by atoms with Gasteiger partial charge in [0.2, 0.25) is 11.8 Å². The summed E-state index contributed by atoms with van der Waals surface area (Å²) in [5.41, 5.74) is 0. The van der Waals surface area contributed by atoms with E-state index in [4.69, 9.17) is 10.2 Å². The van der Waals surface area contributed by atoms with E-state index in [1.807, 2.05) is 13.8 Å². The SMILES string of the molecule is C.C.C.C.CCCCC(=O)N[C@H]1C(O)CC(CO)[C@@H](O)C1O.CCCCC(=O)N[C@H]1C(O)CC(CO)[C@H](O)C1O. The third kappa shape index (κ3) is 13.5. The van der Waals surface area contributed by atoms with Gasteiger partial charge in [-0.05, 0) is 25.7 Å². The molecule has 12 nitrogen and oxygen atoms in total. The Hall–Kier alpha value is -1.38. The molecule has 10 atom stereocenters. The molecule has 2 amide bonds. The molecule has 0 aromatic carbocycles. The Balaban J connectivity index is -0.000000295. The largest absolute Gasteiger partial charge is 0.396 e. The van der Waals surface area contributed by atoms with Gasteiger partial charge in [-0.3, -0.25) is 9.59 Å². The molecule has 2 rings (SSSR count). The number of hydrogen-bond donors (Lipinski definition) is 10. The lowest BCUT2D eigenvalue weighted by atomic mass is 9.79. The smallest absolute Gasteiger partial charge is 0.220 e. The van der Waals surface area contributed by atoms with E-state index in [2.05, 4.69) is 10.6 Å². The zero-order valence-corrected chi connectivity index (χ0v) is 21.2. The second-order valence-electron chi connectivity index (χ2n) is 9.85. The molecule has 0 aliphatic heterocycles. The van der Waals surface area contributed by atoms with Crippen LogP contribution >= 0.6 is 0 Å². The van der Waals surface area contributed by atoms with Gasteiger partial charge in [-0.15, -0.1) is 0 Å². The molecule has 0 aromatic heterocycles. The lowest BCUT2D eigenvalue weighted by molar-refractivity contribution is -0.136. The first-order chi connectivity index (χ1) is 17.0. The molecule has 12 heteroatoms. The topological polar surface area (TPSA) is 220 Å². The van der Waals surface area contributed by atoms with Crippen LogP contribution in [0.25, 0.3) is 0 Å². The van der Waals surface area contributed by atoms with Crippen molar-refractivity contribution in [2.75, 3.05) is 13.2 Å². The van der Waals surface area contributed by atoms with Crippen LogP contribution in [0, 0.1) is 11.8 Å². The maximum atomic E-state index is 11.6. The quantitative estimate of drug-likeness (QED) is 0.166. The van der Waals surface area contributed by atoms with Gasteiger partial charge in [-0.1, -0.05) is 56.4 Å². The Morgan fingerprint density at radius 1 is 0.600 bits per heavy atom. The van der Waals surface area contributed by atoms with Crippen LogP contribution < -0.4 is 10.6 Å². The van der Waals surface area contributed by atoms with Gasteiger partial charge < -0.3 is 51.5 Å². The van der Waals surface area contributed by atoms with Gasteiger partial charge >= 0.3 is 0 Å². The van der Waals surface area contributed by atoms with E-state index < -0.39 is 60.5 Å². The number of aliphatic hydroxyl groups excluding tert-OH is 8. The Morgan fingerprint density at radius 3 is 1.15 bits per heavy atom. The summed E-state index contributed by atoms with van der Waals surface area (Å²) < 4.78 is 0. The van der Waals surface area contributed by atoms with E-state index in [-0.39, 0.29) is 67.6 Å². The van der Waals surface area contributed by atoms with E-state index in [1.165, 1.54) is 0 Å². The molecule has 0 heterocycles. The van der Waals surface area contributed by atoms with Gasteiger partial charge in [0.25, 0.3) is 0 Å². The molecule has 2 aliphatic rings. The number of amides is 2. The highest BCUT2D eigenvalue weighted by molar-refractivity contribution is 5.76. The fraction of sp³-hybridized carbons (Fsp3) is 0.929. The molecule has 0 spiro atoms. The lowest BCUT2D eigenvalue weighted by Crippen LogP contribution is -2.61. The first-order valence-corrected chi connectivity index (χ1v) is 12.9. The molecule has 6 unspecified atom stereocenters. The normalized spacial score (nSPS) is 32.8. The summed E-state index contributed by atoms with van der Waals surface area (Å²) in [4.78, 5) is 23.1. The van der Waals surface area contributed by atoms with Crippen molar-refractivity contribution in [3.63, 3.8) is 0 Å². The summed E-state index contributed by atoms with van der Waals surface area (Å²) >= 11 is 0. The number of unbranched alkanes of at least 4 members (excludes halogenated alkanes) is 2. The van der Waals surface area contributed by atoms with Gasteiger partial charge in [0, 0.05) is 37.9 Å².